The third-order valence-electron chi connectivity index (χ3n) is 12.4. The van der Waals surface area contributed by atoms with Crippen molar-refractivity contribution in [3.63, 3.8) is 0 Å². The first-order chi connectivity index (χ1) is 30.6. The van der Waals surface area contributed by atoms with Gasteiger partial charge < -0.3 is 44.6 Å². The van der Waals surface area contributed by atoms with Crippen molar-refractivity contribution >= 4 is 34.8 Å². The summed E-state index contributed by atoms with van der Waals surface area (Å²) in [6.45, 7) is 5.25. The minimum Gasteiger partial charge on any atom is -0.487 e. The summed E-state index contributed by atoms with van der Waals surface area (Å²) in [6.07, 6.45) is 3.66. The van der Waals surface area contributed by atoms with E-state index in [2.05, 4.69) is 69.1 Å². The van der Waals surface area contributed by atoms with Crippen LogP contribution in [0.25, 0.3) is 44.4 Å². The van der Waals surface area contributed by atoms with Crippen LogP contribution in [0.4, 0.5) is 9.59 Å². The molecule has 4 amide bonds. The molecular weight excluding hydrogens is 801 g/mol. The van der Waals surface area contributed by atoms with Crippen molar-refractivity contribution in [2.45, 2.75) is 70.3 Å². The van der Waals surface area contributed by atoms with Gasteiger partial charge in [-0.2, -0.15) is 0 Å². The third-order valence-corrected chi connectivity index (χ3v) is 12.4. The number of alkyl carbamates (subject to hydrolysis) is 2. The Kier molecular flexibility index (Phi) is 11.3. The predicted octanol–water partition coefficient (Wildman–Crippen LogP) is 7.98. The summed E-state index contributed by atoms with van der Waals surface area (Å²) in [7, 11) is 2.57. The molecule has 4 aromatic carbocycles. The highest BCUT2D eigenvalue weighted by Gasteiger charge is 2.39. The van der Waals surface area contributed by atoms with Gasteiger partial charge in [0.05, 0.1) is 49.6 Å². The first-order valence-electron chi connectivity index (χ1n) is 21.4. The molecule has 0 saturated carbocycles. The normalized spacial score (nSPS) is 17.7. The van der Waals surface area contributed by atoms with Crippen LogP contribution in [0, 0.1) is 5.92 Å². The van der Waals surface area contributed by atoms with Gasteiger partial charge in [-0.1, -0.05) is 74.5 Å². The Balaban J connectivity index is 0.906. The number of aromatic amines is 2. The summed E-state index contributed by atoms with van der Waals surface area (Å²) < 4.78 is 15.9. The first-order valence-corrected chi connectivity index (χ1v) is 21.4. The van der Waals surface area contributed by atoms with Gasteiger partial charge in [0.2, 0.25) is 5.91 Å². The maximum Gasteiger partial charge on any atom is 0.407 e. The van der Waals surface area contributed by atoms with Crippen molar-refractivity contribution in [3.8, 4) is 39.4 Å². The fourth-order valence-corrected chi connectivity index (χ4v) is 9.11. The van der Waals surface area contributed by atoms with Crippen LogP contribution in [0.3, 0.4) is 0 Å². The van der Waals surface area contributed by atoms with Gasteiger partial charge in [-0.15, -0.1) is 0 Å². The van der Waals surface area contributed by atoms with Gasteiger partial charge in [0.15, 0.2) is 0 Å². The van der Waals surface area contributed by atoms with Crippen LogP contribution >= 0.6 is 0 Å². The number of nitrogens with one attached hydrogen (secondary N) is 4. The zero-order chi connectivity index (χ0) is 43.8. The number of carbonyl (C=O) groups is 4. The van der Waals surface area contributed by atoms with Crippen molar-refractivity contribution in [2.24, 2.45) is 5.92 Å². The molecule has 15 nitrogen and oxygen atoms in total. The number of benzene rings is 4. The predicted molar refractivity (Wildman–Crippen MR) is 235 cm³/mol. The summed E-state index contributed by atoms with van der Waals surface area (Å²) in [5, 5.41) is 7.57. The van der Waals surface area contributed by atoms with Crippen molar-refractivity contribution in [1.82, 2.24) is 40.4 Å². The van der Waals surface area contributed by atoms with E-state index >= 15 is 0 Å². The number of hydrogen-bond donors (Lipinski definition) is 4. The lowest BCUT2D eigenvalue weighted by Crippen LogP contribution is -2.51. The van der Waals surface area contributed by atoms with Crippen molar-refractivity contribution in [3.05, 3.63) is 114 Å². The van der Waals surface area contributed by atoms with E-state index in [9.17, 15) is 19.2 Å². The molecular formula is C48H50N8O7. The van der Waals surface area contributed by atoms with Crippen LogP contribution < -0.4 is 15.4 Å². The lowest BCUT2D eigenvalue weighted by Gasteiger charge is -2.30. The largest absolute Gasteiger partial charge is 0.487 e. The molecule has 0 bridgehead atoms. The topological polar surface area (TPSA) is 184 Å². The maximum absolute atomic E-state index is 14.0. The average Bonchev–Trinajstić information content (AvgIpc) is 4.16. The molecule has 3 aliphatic rings. The van der Waals surface area contributed by atoms with E-state index in [0.29, 0.717) is 36.9 Å². The third kappa shape index (κ3) is 8.06. The summed E-state index contributed by atoms with van der Waals surface area (Å²) in [5.74, 6) is 1.66. The Bertz CT molecular complexity index is 2690. The molecule has 9 rings (SSSR count). The van der Waals surface area contributed by atoms with Crippen molar-refractivity contribution < 1.29 is 33.4 Å². The van der Waals surface area contributed by atoms with E-state index in [1.807, 2.05) is 61.3 Å². The monoisotopic (exact) mass is 850 g/mol. The second-order valence-electron chi connectivity index (χ2n) is 16.6. The number of imidazole rings is 2. The Morgan fingerprint density at radius 2 is 1.38 bits per heavy atom. The van der Waals surface area contributed by atoms with Crippen LogP contribution in [0.1, 0.15) is 80.6 Å². The Morgan fingerprint density at radius 1 is 0.746 bits per heavy atom. The fraction of sp³-hybridized carbons (Fsp3) is 0.333. The highest BCUT2D eigenvalue weighted by Crippen LogP contribution is 2.42. The molecule has 0 unspecified atom stereocenters. The molecule has 6 aromatic rings. The van der Waals surface area contributed by atoms with E-state index in [0.717, 1.165) is 81.5 Å². The van der Waals surface area contributed by atoms with E-state index in [-0.39, 0.29) is 29.8 Å². The molecule has 15 heteroatoms. The zero-order valence-electron chi connectivity index (χ0n) is 35.6. The molecule has 63 heavy (non-hydrogen) atoms. The number of likely N-dealkylation sites (tertiary alicyclic amines) is 2. The molecule has 324 valence electrons. The quantitative estimate of drug-likeness (QED) is 0.106. The van der Waals surface area contributed by atoms with Gasteiger partial charge in [0.25, 0.3) is 5.91 Å². The number of hydrogen-bond acceptors (Lipinski definition) is 9. The van der Waals surface area contributed by atoms with Crippen LogP contribution in [0.15, 0.2) is 91.1 Å². The lowest BCUT2D eigenvalue weighted by atomic mass is 9.97. The molecule has 0 radical (unpaired) electrons. The van der Waals surface area contributed by atoms with Crippen LogP contribution in [-0.2, 0) is 25.7 Å². The number of H-pyrrole nitrogens is 2. The van der Waals surface area contributed by atoms with Gasteiger partial charge in [-0.25, -0.2) is 19.6 Å². The second kappa shape index (κ2) is 17.3. The van der Waals surface area contributed by atoms with Crippen molar-refractivity contribution in [1.29, 1.82) is 0 Å². The Morgan fingerprint density at radius 3 is 2.10 bits per heavy atom. The summed E-state index contributed by atoms with van der Waals surface area (Å²) in [5.41, 5.74) is 7.11. The van der Waals surface area contributed by atoms with Gasteiger partial charge in [-0.3, -0.25) is 9.59 Å². The SMILES string of the molecule is COC(=O)N[C@H](C(=O)N1CCC[C@H]1c1nc2c([nH]1)COc1cc(-c3ccc4cc(-c5cnc([C@@H]6CCCN6C(=O)[C@H](NC(=O)OC)c6ccccc6)[nH]5)ccc4c3)ccc1-2)C(C)C. The van der Waals surface area contributed by atoms with E-state index < -0.39 is 24.3 Å². The molecule has 4 N–H and O–H groups in total. The van der Waals surface area contributed by atoms with Gasteiger partial charge in [-0.05, 0) is 83.3 Å². The number of fused-ring (bicyclic) bond motifs is 4. The summed E-state index contributed by atoms with van der Waals surface area (Å²) in [4.78, 5) is 72.3. The van der Waals surface area contributed by atoms with Crippen LogP contribution in [-0.4, -0.2) is 87.1 Å². The number of aromatic nitrogens is 4. The van der Waals surface area contributed by atoms with E-state index in [1.54, 1.807) is 4.90 Å². The number of carbonyl (C=O) groups excluding carboxylic acids is 4. The Labute approximate surface area is 364 Å². The van der Waals surface area contributed by atoms with Gasteiger partial charge in [0.1, 0.15) is 36.1 Å². The number of methoxy groups -OCH3 is 2. The molecule has 4 atom stereocenters. The average molecular weight is 851 g/mol. The molecule has 2 aromatic heterocycles. The molecule has 2 saturated heterocycles. The number of rotatable bonds is 10. The standard InChI is InChI=1S/C48H50N8O7/c1-27(2)40(53-47(59)61-3)45(57)56-21-9-13-38(56)44-51-36-26-63-39-24-32(18-19-34(39)42(36)52-44)30-14-15-31-23-33(17-16-29(31)22-30)35-25-49-43(50-35)37-12-8-20-55(37)46(58)41(54-48(60)62-4)28-10-6-5-7-11-28/h5-7,10-11,14-19,22-25,27,37-38,40-41H,8-9,12-13,20-21,26H2,1-4H3,(H,49,50)(H,51,52)(H,53,59)(H,54,60)/t37-,38-,40-,41+/m0/s1. The van der Waals surface area contributed by atoms with Crippen LogP contribution in [0.5, 0.6) is 5.75 Å². The minimum atomic E-state index is -0.887. The molecule has 2 fully saturated rings. The summed E-state index contributed by atoms with van der Waals surface area (Å²) in [6, 6.07) is 25.9. The molecule has 5 heterocycles. The van der Waals surface area contributed by atoms with Gasteiger partial charge >= 0.3 is 12.2 Å². The first kappa shape index (κ1) is 41.2. The van der Waals surface area contributed by atoms with E-state index in [4.69, 9.17) is 24.2 Å². The fourth-order valence-electron chi connectivity index (χ4n) is 9.11. The maximum atomic E-state index is 14.0. The molecule has 0 spiro atoms. The minimum absolute atomic E-state index is 0.122. The smallest absolute Gasteiger partial charge is 0.407 e. The van der Waals surface area contributed by atoms with E-state index in [1.165, 1.54) is 14.2 Å². The van der Waals surface area contributed by atoms with Crippen molar-refractivity contribution in [2.75, 3.05) is 27.3 Å². The number of nitrogens with zero attached hydrogens (tertiary/aromatic N) is 4. The molecule has 0 aliphatic carbocycles. The lowest BCUT2D eigenvalue weighted by molar-refractivity contribution is -0.135. The summed E-state index contributed by atoms with van der Waals surface area (Å²) >= 11 is 0. The van der Waals surface area contributed by atoms with Gasteiger partial charge in [0, 0.05) is 24.2 Å². The highest BCUT2D eigenvalue weighted by molar-refractivity contribution is 5.91. The molecule has 3 aliphatic heterocycles. The van der Waals surface area contributed by atoms with Crippen LogP contribution in [0.2, 0.25) is 0 Å². The number of ether oxygens (including phenoxy) is 3. The number of amides is 4. The zero-order valence-corrected chi connectivity index (χ0v) is 35.6. The second-order valence-corrected chi connectivity index (χ2v) is 16.6. The Hall–Kier alpha value is -7.16. The highest BCUT2D eigenvalue weighted by atomic mass is 16.5.